The van der Waals surface area contributed by atoms with Gasteiger partial charge in [0.05, 0.1) is 0 Å². The summed E-state index contributed by atoms with van der Waals surface area (Å²) in [5.41, 5.74) is 3.36. The standard InChI is InChI=1S/C12H13N3O.C7H4ClNO.C6H12N2.V/c1-2-4-11-10(3-1)14-12(16-11)15-7-8-5-9(15)6-13-8;8-7-9-5-3-1-2-4-6(5)10-7;1-8-4-5-2-6(8)3-7-5;/h1-4,8-9,13H,5-7H2;1-4H;5-7H,2-4H2,1H3;/t8?,9-;;5-,6?;/m1.1./s1. The Morgan fingerprint density at radius 2 is 1.43 bits per heavy atom. The summed E-state index contributed by atoms with van der Waals surface area (Å²) in [5.74, 6) is 0. The molecule has 8 rings (SSSR count). The average molecular weight is 532 g/mol. The molecule has 0 aliphatic carbocycles. The maximum Gasteiger partial charge on any atom is 0.298 e. The zero-order chi connectivity index (χ0) is 23.1. The van der Waals surface area contributed by atoms with E-state index in [9.17, 15) is 0 Å². The van der Waals surface area contributed by atoms with Gasteiger partial charge in [-0.3, -0.25) is 0 Å². The van der Waals surface area contributed by atoms with Gasteiger partial charge in [0, 0.05) is 68.9 Å². The molecule has 1 radical (unpaired) electrons. The maximum absolute atomic E-state index is 5.79. The summed E-state index contributed by atoms with van der Waals surface area (Å²) in [4.78, 5) is 13.2. The molecule has 4 aliphatic heterocycles. The number of halogens is 1. The summed E-state index contributed by atoms with van der Waals surface area (Å²) in [6.45, 7) is 4.58. The minimum absolute atomic E-state index is 0. The van der Waals surface area contributed by atoms with Gasteiger partial charge in [-0.25, -0.2) is 0 Å². The van der Waals surface area contributed by atoms with Gasteiger partial charge < -0.3 is 29.3 Å². The van der Waals surface area contributed by atoms with E-state index in [1.165, 1.54) is 25.9 Å². The number of nitrogens with one attached hydrogen (secondary N) is 2. The number of rotatable bonds is 1. The number of hydrogen-bond donors (Lipinski definition) is 2. The van der Waals surface area contributed by atoms with Crippen LogP contribution < -0.4 is 15.5 Å². The fourth-order valence-corrected chi connectivity index (χ4v) is 5.57. The van der Waals surface area contributed by atoms with E-state index < -0.39 is 0 Å². The topological polar surface area (TPSA) is 82.6 Å². The number of aromatic nitrogens is 2. The van der Waals surface area contributed by atoms with Crippen molar-refractivity contribution in [1.29, 1.82) is 0 Å². The number of hydrogen-bond acceptors (Lipinski definition) is 8. The number of benzene rings is 2. The Labute approximate surface area is 221 Å². The number of oxazole rings is 2. The molecule has 4 fully saturated rings. The number of nitrogens with zero attached hydrogens (tertiary/aromatic N) is 4. The fourth-order valence-electron chi connectivity index (χ4n) is 5.39. The summed E-state index contributed by atoms with van der Waals surface area (Å²) in [5, 5.41) is 7.12. The zero-order valence-electron chi connectivity index (χ0n) is 19.6. The van der Waals surface area contributed by atoms with Crippen molar-refractivity contribution < 1.29 is 27.4 Å². The SMILES string of the molecule is CN1C[C@H]2CC1CN2.Clc1nc2ccccc2o1.[V].c1ccc2oc(N3CC4C[C@@H]3CN4)nc2c1. The van der Waals surface area contributed by atoms with Gasteiger partial charge in [0.2, 0.25) is 0 Å². The van der Waals surface area contributed by atoms with E-state index in [-0.39, 0.29) is 23.9 Å². The molecule has 2 unspecified atom stereocenters. The molecular weight excluding hydrogens is 503 g/mol. The van der Waals surface area contributed by atoms with E-state index in [1.54, 1.807) is 0 Å². The maximum atomic E-state index is 5.79. The van der Waals surface area contributed by atoms with Gasteiger partial charge in [-0.15, -0.1) is 0 Å². The Balaban J connectivity index is 0.000000115. The Hall–Kier alpha value is -2.07. The Bertz CT molecular complexity index is 1210. The number of piperazine rings is 2. The first-order chi connectivity index (χ1) is 16.6. The van der Waals surface area contributed by atoms with Crippen LogP contribution in [0.4, 0.5) is 6.01 Å². The second-order valence-electron chi connectivity index (χ2n) is 9.48. The van der Waals surface area contributed by atoms with E-state index >= 15 is 0 Å². The Kier molecular flexibility index (Phi) is 7.39. The predicted octanol–water partition coefficient (Wildman–Crippen LogP) is 3.52. The number of para-hydroxylation sites is 4. The van der Waals surface area contributed by atoms with Gasteiger partial charge >= 0.3 is 0 Å². The molecule has 10 heteroatoms. The molecule has 4 aliphatic rings. The van der Waals surface area contributed by atoms with Crippen LogP contribution >= 0.6 is 11.6 Å². The van der Waals surface area contributed by atoms with Gasteiger partial charge in [0.25, 0.3) is 11.4 Å². The molecule has 4 saturated heterocycles. The van der Waals surface area contributed by atoms with Crippen molar-refractivity contribution in [2.75, 3.05) is 38.1 Å². The van der Waals surface area contributed by atoms with Crippen molar-refractivity contribution in [2.45, 2.75) is 37.0 Å². The molecule has 2 N–H and O–H groups in total. The first kappa shape index (κ1) is 24.6. The molecule has 4 aromatic rings. The molecule has 0 amide bonds. The van der Waals surface area contributed by atoms with E-state index in [0.717, 1.165) is 53.4 Å². The van der Waals surface area contributed by atoms with E-state index in [0.29, 0.717) is 12.1 Å². The molecular formula is C25H29ClN6O2V. The molecule has 4 bridgehead atoms. The molecule has 0 spiro atoms. The van der Waals surface area contributed by atoms with E-state index in [2.05, 4.69) is 37.4 Å². The minimum Gasteiger partial charge on any atom is -0.428 e. The van der Waals surface area contributed by atoms with Gasteiger partial charge in [0.15, 0.2) is 11.2 Å². The number of likely N-dealkylation sites (tertiary alicyclic amines) is 1. The molecule has 2 aromatic heterocycles. The van der Waals surface area contributed by atoms with E-state index in [4.69, 9.17) is 20.4 Å². The minimum atomic E-state index is 0. The third-order valence-corrected chi connectivity index (χ3v) is 7.34. The van der Waals surface area contributed by atoms with Gasteiger partial charge in [-0.05, 0) is 55.8 Å². The van der Waals surface area contributed by atoms with Crippen LogP contribution in [0, 0.1) is 0 Å². The van der Waals surface area contributed by atoms with Crippen LogP contribution in [0.1, 0.15) is 12.8 Å². The monoisotopic (exact) mass is 531 g/mol. The Morgan fingerprint density at radius 3 is 1.91 bits per heavy atom. The number of anilines is 1. The zero-order valence-corrected chi connectivity index (χ0v) is 21.8. The van der Waals surface area contributed by atoms with Gasteiger partial charge in [-0.1, -0.05) is 24.3 Å². The van der Waals surface area contributed by atoms with Gasteiger partial charge in [-0.2, -0.15) is 9.97 Å². The predicted molar refractivity (Wildman–Crippen MR) is 133 cm³/mol. The van der Waals surface area contributed by atoms with Crippen LogP contribution in [-0.2, 0) is 18.6 Å². The van der Waals surface area contributed by atoms with Crippen molar-refractivity contribution in [1.82, 2.24) is 25.5 Å². The fraction of sp³-hybridized carbons (Fsp3) is 0.440. The summed E-state index contributed by atoms with van der Waals surface area (Å²) in [7, 11) is 2.21. The number of likely N-dealkylation sites (N-methyl/N-ethyl adjacent to an activating group) is 1. The van der Waals surface area contributed by atoms with Crippen LogP contribution in [0.15, 0.2) is 57.4 Å². The van der Waals surface area contributed by atoms with Crippen molar-refractivity contribution in [3.8, 4) is 0 Å². The first-order valence-corrected chi connectivity index (χ1v) is 12.3. The van der Waals surface area contributed by atoms with Crippen molar-refractivity contribution in [3.63, 3.8) is 0 Å². The molecule has 4 atom stereocenters. The Morgan fingerprint density at radius 1 is 0.829 bits per heavy atom. The van der Waals surface area contributed by atoms with Crippen LogP contribution in [0.25, 0.3) is 22.2 Å². The second kappa shape index (κ2) is 10.5. The van der Waals surface area contributed by atoms with Crippen LogP contribution in [-0.4, -0.2) is 72.3 Å². The molecule has 6 heterocycles. The molecule has 183 valence electrons. The van der Waals surface area contributed by atoms with Crippen LogP contribution in [0.3, 0.4) is 0 Å². The summed E-state index contributed by atoms with van der Waals surface area (Å²) in [6, 6.07) is 19.1. The summed E-state index contributed by atoms with van der Waals surface area (Å²) in [6.07, 6.45) is 2.61. The normalized spacial score (nSPS) is 26.4. The average Bonchev–Trinajstić information content (AvgIpc) is 3.68. The van der Waals surface area contributed by atoms with E-state index in [1.807, 2.05) is 48.5 Å². The molecule has 0 saturated carbocycles. The molecule has 35 heavy (non-hydrogen) atoms. The second-order valence-corrected chi connectivity index (χ2v) is 9.80. The van der Waals surface area contributed by atoms with Crippen LogP contribution in [0.2, 0.25) is 5.35 Å². The molecule has 2 aromatic carbocycles. The third-order valence-electron chi connectivity index (χ3n) is 7.18. The smallest absolute Gasteiger partial charge is 0.298 e. The van der Waals surface area contributed by atoms with Crippen molar-refractivity contribution >= 4 is 39.8 Å². The quantitative estimate of drug-likeness (QED) is 0.386. The number of fused-ring (bicyclic) bond motifs is 6. The summed E-state index contributed by atoms with van der Waals surface area (Å²) >= 11 is 5.51. The summed E-state index contributed by atoms with van der Waals surface area (Å²) < 4.78 is 10.8. The molecule has 8 nitrogen and oxygen atoms in total. The largest absolute Gasteiger partial charge is 0.428 e. The third kappa shape index (κ3) is 5.23. The van der Waals surface area contributed by atoms with Gasteiger partial charge in [0.1, 0.15) is 11.0 Å². The van der Waals surface area contributed by atoms with Crippen LogP contribution in [0.5, 0.6) is 0 Å². The van der Waals surface area contributed by atoms with Crippen molar-refractivity contribution in [2.24, 2.45) is 0 Å². The first-order valence-electron chi connectivity index (χ1n) is 11.9. The van der Waals surface area contributed by atoms with Crippen molar-refractivity contribution in [3.05, 3.63) is 53.9 Å².